The van der Waals surface area contributed by atoms with Crippen LogP contribution in [0.4, 0.5) is 5.82 Å². The quantitative estimate of drug-likeness (QED) is 0.541. The first-order valence-electron chi connectivity index (χ1n) is 10.0. The zero-order chi connectivity index (χ0) is 20.7. The van der Waals surface area contributed by atoms with E-state index in [4.69, 9.17) is 19.8 Å². The molecule has 1 aliphatic rings. The van der Waals surface area contributed by atoms with E-state index >= 15 is 0 Å². The van der Waals surface area contributed by atoms with E-state index in [1.807, 2.05) is 24.4 Å². The second-order valence-corrected chi connectivity index (χ2v) is 8.58. The Morgan fingerprint density at radius 1 is 1.13 bits per heavy atom. The lowest BCUT2D eigenvalue weighted by atomic mass is 10.1. The molecule has 0 saturated carbocycles. The van der Waals surface area contributed by atoms with Gasteiger partial charge in [-0.05, 0) is 32.0 Å². The second-order valence-electron chi connectivity index (χ2n) is 7.50. The number of hydrogen-bond donors (Lipinski definition) is 1. The summed E-state index contributed by atoms with van der Waals surface area (Å²) in [5.41, 5.74) is 3.97. The van der Waals surface area contributed by atoms with Crippen LogP contribution in [0.3, 0.4) is 0 Å². The Morgan fingerprint density at radius 3 is 2.73 bits per heavy atom. The van der Waals surface area contributed by atoms with Gasteiger partial charge in [-0.25, -0.2) is 9.67 Å². The number of aromatic nitrogens is 4. The van der Waals surface area contributed by atoms with Gasteiger partial charge < -0.3 is 14.7 Å². The van der Waals surface area contributed by atoms with Crippen LogP contribution in [0.2, 0.25) is 0 Å². The van der Waals surface area contributed by atoms with Gasteiger partial charge in [0.1, 0.15) is 0 Å². The van der Waals surface area contributed by atoms with Crippen molar-refractivity contribution in [2.45, 2.75) is 20.0 Å². The first-order chi connectivity index (χ1) is 14.6. The number of aliphatic hydroxyl groups excluding tert-OH is 1. The van der Waals surface area contributed by atoms with Crippen LogP contribution >= 0.6 is 11.3 Å². The van der Waals surface area contributed by atoms with Gasteiger partial charge in [-0.2, -0.15) is 10.1 Å². The highest BCUT2D eigenvalue weighted by atomic mass is 32.1. The Bertz CT molecular complexity index is 1190. The lowest BCUT2D eigenvalue weighted by Gasteiger charge is -2.28. The maximum Gasteiger partial charge on any atom is 0.253 e. The molecule has 1 aliphatic heterocycles. The lowest BCUT2D eigenvalue weighted by Crippen LogP contribution is -2.37. The molecule has 7 nitrogen and oxygen atoms in total. The maximum absolute atomic E-state index is 10.1. The SMILES string of the molecule is Cc1cccc(-c2ccn(-c3nc(N4CCOCC4)c4sc(C(C)O)cc4n3)n2)c1. The monoisotopic (exact) mass is 421 g/mol. The van der Waals surface area contributed by atoms with Crippen molar-refractivity contribution in [3.05, 3.63) is 53.0 Å². The summed E-state index contributed by atoms with van der Waals surface area (Å²) in [4.78, 5) is 12.7. The minimum Gasteiger partial charge on any atom is -0.388 e. The molecule has 0 aliphatic carbocycles. The number of fused-ring (bicyclic) bond motifs is 1. The Hall–Kier alpha value is -2.81. The van der Waals surface area contributed by atoms with Gasteiger partial charge in [-0.15, -0.1) is 11.3 Å². The third-order valence-corrected chi connectivity index (χ3v) is 6.48. The molecule has 0 bridgehead atoms. The zero-order valence-corrected chi connectivity index (χ0v) is 17.8. The number of nitrogens with zero attached hydrogens (tertiary/aromatic N) is 5. The molecule has 154 valence electrons. The number of hydrogen-bond acceptors (Lipinski definition) is 7. The van der Waals surface area contributed by atoms with Crippen molar-refractivity contribution in [2.75, 3.05) is 31.2 Å². The summed E-state index contributed by atoms with van der Waals surface area (Å²) in [5, 5.41) is 14.8. The molecular formula is C22H23N5O2S. The summed E-state index contributed by atoms with van der Waals surface area (Å²) in [6.07, 6.45) is 1.35. The molecule has 8 heteroatoms. The number of aryl methyl sites for hydroxylation is 1. The lowest BCUT2D eigenvalue weighted by molar-refractivity contribution is 0.122. The van der Waals surface area contributed by atoms with Crippen LogP contribution in [0.25, 0.3) is 27.4 Å². The Kier molecular flexibility index (Phi) is 4.98. The smallest absolute Gasteiger partial charge is 0.253 e. The maximum atomic E-state index is 10.1. The average molecular weight is 422 g/mol. The number of thiophene rings is 1. The standard InChI is InChI=1S/C22H23N5O2S/c1-14-4-3-5-16(12-14)17-6-7-27(25-17)22-23-18-13-19(15(2)28)30-20(18)21(24-22)26-8-10-29-11-9-26/h3-7,12-13,15,28H,8-11H2,1-2H3. The average Bonchev–Trinajstić information content (AvgIpc) is 3.41. The van der Waals surface area contributed by atoms with Crippen molar-refractivity contribution in [1.82, 2.24) is 19.7 Å². The summed E-state index contributed by atoms with van der Waals surface area (Å²) >= 11 is 1.55. The van der Waals surface area contributed by atoms with E-state index in [1.165, 1.54) is 5.56 Å². The Morgan fingerprint density at radius 2 is 1.97 bits per heavy atom. The molecular weight excluding hydrogens is 398 g/mol. The van der Waals surface area contributed by atoms with Gasteiger partial charge in [-0.3, -0.25) is 0 Å². The molecule has 1 atom stereocenters. The molecule has 1 aromatic carbocycles. The van der Waals surface area contributed by atoms with E-state index in [2.05, 4.69) is 30.0 Å². The van der Waals surface area contributed by atoms with Gasteiger partial charge in [-0.1, -0.05) is 23.8 Å². The molecule has 3 aromatic heterocycles. The predicted molar refractivity (Wildman–Crippen MR) is 118 cm³/mol. The van der Waals surface area contributed by atoms with Crippen LogP contribution in [0.5, 0.6) is 0 Å². The fraction of sp³-hybridized carbons (Fsp3) is 0.318. The van der Waals surface area contributed by atoms with Crippen molar-refractivity contribution >= 4 is 27.4 Å². The molecule has 5 rings (SSSR count). The summed E-state index contributed by atoms with van der Waals surface area (Å²) < 4.78 is 8.23. The van der Waals surface area contributed by atoms with Crippen LogP contribution in [-0.2, 0) is 4.74 Å². The minimum atomic E-state index is -0.539. The molecule has 30 heavy (non-hydrogen) atoms. The third kappa shape index (κ3) is 3.58. The highest BCUT2D eigenvalue weighted by molar-refractivity contribution is 7.19. The van der Waals surface area contributed by atoms with Crippen molar-refractivity contribution < 1.29 is 9.84 Å². The number of benzene rings is 1. The molecule has 0 amide bonds. The Balaban J connectivity index is 1.60. The van der Waals surface area contributed by atoms with E-state index in [9.17, 15) is 5.11 Å². The molecule has 1 saturated heterocycles. The van der Waals surface area contributed by atoms with Crippen LogP contribution < -0.4 is 4.90 Å². The molecule has 1 N–H and O–H groups in total. The summed E-state index contributed by atoms with van der Waals surface area (Å²) in [6, 6.07) is 12.2. The van der Waals surface area contributed by atoms with Gasteiger partial charge in [0, 0.05) is 29.7 Å². The van der Waals surface area contributed by atoms with E-state index in [0.717, 1.165) is 45.3 Å². The van der Waals surface area contributed by atoms with Gasteiger partial charge in [0.25, 0.3) is 5.95 Å². The highest BCUT2D eigenvalue weighted by Crippen LogP contribution is 2.35. The highest BCUT2D eigenvalue weighted by Gasteiger charge is 2.21. The molecule has 0 spiro atoms. The number of rotatable bonds is 4. The van der Waals surface area contributed by atoms with Crippen molar-refractivity contribution in [3.63, 3.8) is 0 Å². The number of aliphatic hydroxyl groups is 1. The second kappa shape index (κ2) is 7.79. The van der Waals surface area contributed by atoms with Crippen LogP contribution in [-0.4, -0.2) is 51.2 Å². The van der Waals surface area contributed by atoms with Crippen molar-refractivity contribution in [2.24, 2.45) is 0 Å². The third-order valence-electron chi connectivity index (χ3n) is 5.19. The first-order valence-corrected chi connectivity index (χ1v) is 10.9. The normalized spacial score (nSPS) is 15.6. The minimum absolute atomic E-state index is 0.526. The first kappa shape index (κ1) is 19.2. The number of morpholine rings is 1. The van der Waals surface area contributed by atoms with Crippen molar-refractivity contribution in [3.8, 4) is 17.2 Å². The van der Waals surface area contributed by atoms with Crippen LogP contribution in [0.1, 0.15) is 23.5 Å². The number of anilines is 1. The zero-order valence-electron chi connectivity index (χ0n) is 16.9. The van der Waals surface area contributed by atoms with Gasteiger partial charge in [0.2, 0.25) is 0 Å². The van der Waals surface area contributed by atoms with E-state index in [0.29, 0.717) is 19.2 Å². The van der Waals surface area contributed by atoms with Gasteiger partial charge >= 0.3 is 0 Å². The molecule has 4 heterocycles. The summed E-state index contributed by atoms with van der Waals surface area (Å²) in [5.74, 6) is 1.40. The summed E-state index contributed by atoms with van der Waals surface area (Å²) in [6.45, 7) is 6.75. The van der Waals surface area contributed by atoms with Crippen LogP contribution in [0.15, 0.2) is 42.6 Å². The van der Waals surface area contributed by atoms with Gasteiger partial charge in [0.15, 0.2) is 5.82 Å². The summed E-state index contributed by atoms with van der Waals surface area (Å²) in [7, 11) is 0. The van der Waals surface area contributed by atoms with Gasteiger partial charge in [0.05, 0.1) is 35.2 Å². The molecule has 0 radical (unpaired) electrons. The van der Waals surface area contributed by atoms with E-state index in [-0.39, 0.29) is 0 Å². The van der Waals surface area contributed by atoms with Crippen molar-refractivity contribution in [1.29, 1.82) is 0 Å². The molecule has 1 unspecified atom stereocenters. The topological polar surface area (TPSA) is 76.3 Å². The predicted octanol–water partition coefficient (Wildman–Crippen LogP) is 3.74. The molecule has 1 fully saturated rings. The fourth-order valence-electron chi connectivity index (χ4n) is 3.61. The van der Waals surface area contributed by atoms with E-state index in [1.54, 1.807) is 22.9 Å². The van der Waals surface area contributed by atoms with Crippen LogP contribution in [0, 0.1) is 6.92 Å². The fourth-order valence-corrected chi connectivity index (χ4v) is 4.66. The number of ether oxygens (including phenoxy) is 1. The van der Waals surface area contributed by atoms with E-state index < -0.39 is 6.10 Å². The molecule has 4 aromatic rings. The largest absolute Gasteiger partial charge is 0.388 e. The Labute approximate surface area is 178 Å².